The van der Waals surface area contributed by atoms with Crippen LogP contribution in [0.2, 0.25) is 5.02 Å². The zero-order chi connectivity index (χ0) is 22.9. The van der Waals surface area contributed by atoms with Gasteiger partial charge >= 0.3 is 12.1 Å². The predicted molar refractivity (Wildman–Crippen MR) is 113 cm³/mol. The Morgan fingerprint density at radius 2 is 1.91 bits per heavy atom. The van der Waals surface area contributed by atoms with Crippen LogP contribution in [0.5, 0.6) is 5.75 Å². The Kier molecular flexibility index (Phi) is 6.29. The van der Waals surface area contributed by atoms with Crippen LogP contribution in [0.25, 0.3) is 0 Å². The number of benzene rings is 2. The number of hydrogen-bond donors (Lipinski definition) is 0. The molecule has 0 unspecified atom stereocenters. The van der Waals surface area contributed by atoms with Crippen LogP contribution in [0.1, 0.15) is 24.0 Å². The quantitative estimate of drug-likeness (QED) is 0.341. The SMILES string of the molecule is O=C(Oc1ccc(Cl)c(C(F)(F)F)c1)[C@H]1CC=C[C@H]2CCN(Cc3ccccc3)C(=O)[C@@H]12. The van der Waals surface area contributed by atoms with Gasteiger partial charge in [0.2, 0.25) is 5.91 Å². The van der Waals surface area contributed by atoms with Crippen molar-refractivity contribution in [3.05, 3.63) is 76.8 Å². The van der Waals surface area contributed by atoms with Gasteiger partial charge in [0.15, 0.2) is 0 Å². The highest BCUT2D eigenvalue weighted by molar-refractivity contribution is 6.31. The lowest BCUT2D eigenvalue weighted by Gasteiger charge is -2.41. The number of halogens is 4. The number of nitrogens with zero attached hydrogens (tertiary/aromatic N) is 1. The number of allylic oxidation sites excluding steroid dienone is 2. The Bertz CT molecular complexity index is 1040. The molecular weight excluding hydrogens is 443 g/mol. The molecule has 4 rings (SSSR count). The molecule has 168 valence electrons. The topological polar surface area (TPSA) is 46.6 Å². The first-order chi connectivity index (χ1) is 15.2. The van der Waals surface area contributed by atoms with E-state index in [0.717, 1.165) is 11.6 Å². The average molecular weight is 464 g/mol. The highest BCUT2D eigenvalue weighted by atomic mass is 35.5. The monoisotopic (exact) mass is 463 g/mol. The molecule has 8 heteroatoms. The lowest BCUT2D eigenvalue weighted by atomic mass is 9.71. The summed E-state index contributed by atoms with van der Waals surface area (Å²) in [6.45, 7) is 1.02. The fraction of sp³-hybridized carbons (Fsp3) is 0.333. The molecule has 0 spiro atoms. The normalized spacial score (nSPS) is 23.1. The van der Waals surface area contributed by atoms with Crippen molar-refractivity contribution in [2.45, 2.75) is 25.6 Å². The van der Waals surface area contributed by atoms with Gasteiger partial charge in [0, 0.05) is 13.1 Å². The molecule has 2 aromatic rings. The molecule has 1 fully saturated rings. The Morgan fingerprint density at radius 1 is 1.16 bits per heavy atom. The number of ether oxygens (including phenoxy) is 1. The molecule has 2 aromatic carbocycles. The number of carbonyl (C=O) groups is 2. The molecule has 1 saturated heterocycles. The van der Waals surface area contributed by atoms with Crippen LogP contribution in [0.3, 0.4) is 0 Å². The van der Waals surface area contributed by atoms with Gasteiger partial charge in [0.25, 0.3) is 0 Å². The van der Waals surface area contributed by atoms with E-state index in [1.54, 1.807) is 4.90 Å². The molecule has 1 heterocycles. The van der Waals surface area contributed by atoms with E-state index >= 15 is 0 Å². The van der Waals surface area contributed by atoms with Crippen LogP contribution in [-0.2, 0) is 22.3 Å². The van der Waals surface area contributed by atoms with E-state index in [4.69, 9.17) is 16.3 Å². The maximum absolute atomic E-state index is 13.3. The molecule has 32 heavy (non-hydrogen) atoms. The summed E-state index contributed by atoms with van der Waals surface area (Å²) < 4.78 is 44.7. The Balaban J connectivity index is 1.52. The number of esters is 1. The number of amides is 1. The fourth-order valence-electron chi connectivity index (χ4n) is 4.40. The Labute approximate surface area is 188 Å². The summed E-state index contributed by atoms with van der Waals surface area (Å²) in [7, 11) is 0. The molecule has 0 aromatic heterocycles. The molecular formula is C24H21ClF3NO3. The van der Waals surface area contributed by atoms with Gasteiger partial charge in [0.1, 0.15) is 5.75 Å². The van der Waals surface area contributed by atoms with Gasteiger partial charge in [0.05, 0.1) is 22.4 Å². The summed E-state index contributed by atoms with van der Waals surface area (Å²) in [6.07, 6.45) is 0.134. The number of likely N-dealkylation sites (tertiary alicyclic amines) is 1. The van der Waals surface area contributed by atoms with Crippen molar-refractivity contribution in [3.63, 3.8) is 0 Å². The van der Waals surface area contributed by atoms with E-state index in [-0.39, 0.29) is 17.6 Å². The van der Waals surface area contributed by atoms with E-state index in [1.165, 1.54) is 6.07 Å². The van der Waals surface area contributed by atoms with Crippen molar-refractivity contribution in [3.8, 4) is 5.75 Å². The summed E-state index contributed by atoms with van der Waals surface area (Å²) in [5.41, 5.74) is -0.0840. The summed E-state index contributed by atoms with van der Waals surface area (Å²) in [4.78, 5) is 28.0. The van der Waals surface area contributed by atoms with E-state index in [9.17, 15) is 22.8 Å². The van der Waals surface area contributed by atoms with Crippen LogP contribution in [0, 0.1) is 17.8 Å². The van der Waals surface area contributed by atoms with E-state index < -0.39 is 34.6 Å². The standard InChI is InChI=1S/C24H21ClF3NO3/c25-20-10-9-17(13-19(20)24(26,27)28)32-23(31)18-8-4-7-16-11-12-29(22(30)21(16)18)14-15-5-2-1-3-6-15/h1-7,9-10,13,16,18,21H,8,11-12,14H2/t16-,18-,21+/m0/s1. The van der Waals surface area contributed by atoms with Crippen LogP contribution < -0.4 is 4.74 Å². The fourth-order valence-corrected chi connectivity index (χ4v) is 4.63. The van der Waals surface area contributed by atoms with E-state index in [2.05, 4.69) is 0 Å². The number of hydrogen-bond acceptors (Lipinski definition) is 3. The molecule has 0 saturated carbocycles. The van der Waals surface area contributed by atoms with Crippen molar-refractivity contribution < 1.29 is 27.5 Å². The van der Waals surface area contributed by atoms with Crippen LogP contribution in [0.4, 0.5) is 13.2 Å². The predicted octanol–water partition coefficient (Wildman–Crippen LogP) is 5.51. The van der Waals surface area contributed by atoms with Crippen LogP contribution >= 0.6 is 11.6 Å². The van der Waals surface area contributed by atoms with E-state index in [1.807, 2.05) is 42.5 Å². The van der Waals surface area contributed by atoms with Gasteiger partial charge in [-0.1, -0.05) is 54.1 Å². The van der Waals surface area contributed by atoms with Crippen molar-refractivity contribution in [1.29, 1.82) is 0 Å². The smallest absolute Gasteiger partial charge is 0.417 e. The van der Waals surface area contributed by atoms with Gasteiger partial charge in [-0.25, -0.2) is 0 Å². The minimum absolute atomic E-state index is 0.100. The molecule has 3 atom stereocenters. The summed E-state index contributed by atoms with van der Waals surface area (Å²) in [5.74, 6) is -2.56. The summed E-state index contributed by atoms with van der Waals surface area (Å²) >= 11 is 5.64. The number of piperidine rings is 1. The molecule has 1 aliphatic heterocycles. The second kappa shape index (κ2) is 8.98. The second-order valence-electron chi connectivity index (χ2n) is 8.05. The van der Waals surface area contributed by atoms with E-state index in [0.29, 0.717) is 32.0 Å². The third-order valence-electron chi connectivity index (χ3n) is 5.98. The number of rotatable bonds is 4. The minimum atomic E-state index is -4.67. The molecule has 0 N–H and O–H groups in total. The molecule has 4 nitrogen and oxygen atoms in total. The molecule has 1 amide bonds. The molecule has 0 radical (unpaired) electrons. The molecule has 1 aliphatic carbocycles. The summed E-state index contributed by atoms with van der Waals surface area (Å²) in [6, 6.07) is 12.5. The Hall–Kier alpha value is -2.80. The summed E-state index contributed by atoms with van der Waals surface area (Å²) in [5, 5.41) is -0.475. The van der Waals surface area contributed by atoms with Crippen LogP contribution in [-0.4, -0.2) is 23.3 Å². The minimum Gasteiger partial charge on any atom is -0.426 e. The van der Waals surface area contributed by atoms with Crippen molar-refractivity contribution in [1.82, 2.24) is 4.90 Å². The third kappa shape index (κ3) is 4.67. The Morgan fingerprint density at radius 3 is 2.62 bits per heavy atom. The van der Waals surface area contributed by atoms with Gasteiger partial charge in [-0.15, -0.1) is 0 Å². The molecule has 2 aliphatic rings. The maximum atomic E-state index is 13.3. The van der Waals surface area contributed by atoms with Crippen molar-refractivity contribution in [2.75, 3.05) is 6.54 Å². The number of carbonyl (C=O) groups excluding carboxylic acids is 2. The van der Waals surface area contributed by atoms with Gasteiger partial charge in [-0.2, -0.15) is 13.2 Å². The lowest BCUT2D eigenvalue weighted by molar-refractivity contribution is -0.153. The third-order valence-corrected chi connectivity index (χ3v) is 6.31. The van der Waals surface area contributed by atoms with Crippen LogP contribution in [0.15, 0.2) is 60.7 Å². The molecule has 0 bridgehead atoms. The largest absolute Gasteiger partial charge is 0.426 e. The number of alkyl halides is 3. The first-order valence-corrected chi connectivity index (χ1v) is 10.7. The van der Waals surface area contributed by atoms with Gasteiger partial charge < -0.3 is 9.64 Å². The highest BCUT2D eigenvalue weighted by Gasteiger charge is 2.45. The second-order valence-corrected chi connectivity index (χ2v) is 8.46. The zero-order valence-electron chi connectivity index (χ0n) is 17.0. The zero-order valence-corrected chi connectivity index (χ0v) is 17.8. The maximum Gasteiger partial charge on any atom is 0.417 e. The highest BCUT2D eigenvalue weighted by Crippen LogP contribution is 2.40. The van der Waals surface area contributed by atoms with Gasteiger partial charge in [-0.3, -0.25) is 9.59 Å². The average Bonchev–Trinajstić information content (AvgIpc) is 2.76. The number of fused-ring (bicyclic) bond motifs is 1. The van der Waals surface area contributed by atoms with Crippen molar-refractivity contribution in [2.24, 2.45) is 17.8 Å². The lowest BCUT2D eigenvalue weighted by Crippen LogP contribution is -2.50. The first kappa shape index (κ1) is 22.4. The van der Waals surface area contributed by atoms with Gasteiger partial charge in [-0.05, 0) is 42.5 Å². The van der Waals surface area contributed by atoms with Crippen molar-refractivity contribution >= 4 is 23.5 Å². The first-order valence-electron chi connectivity index (χ1n) is 10.3.